The summed E-state index contributed by atoms with van der Waals surface area (Å²) in [6.07, 6.45) is 1.16. The van der Waals surface area contributed by atoms with E-state index in [1.807, 2.05) is 11.3 Å². The van der Waals surface area contributed by atoms with Gasteiger partial charge in [0.15, 0.2) is 0 Å². The van der Waals surface area contributed by atoms with Crippen molar-refractivity contribution in [2.45, 2.75) is 13.0 Å². The highest BCUT2D eigenvalue weighted by Gasteiger charge is 2.40. The van der Waals surface area contributed by atoms with E-state index < -0.39 is 0 Å². The molecule has 1 fully saturated rings. The first-order valence-electron chi connectivity index (χ1n) is 5.78. The molecule has 1 aromatic heterocycles. The van der Waals surface area contributed by atoms with Gasteiger partial charge in [-0.15, -0.1) is 11.3 Å². The molecule has 0 spiro atoms. The minimum Gasteiger partial charge on any atom is -0.396 e. The number of aliphatic hydroxyl groups excluding tert-OH is 1. The predicted molar refractivity (Wildman–Crippen MR) is 63.6 cm³/mol. The van der Waals surface area contributed by atoms with Crippen LogP contribution in [0.25, 0.3) is 0 Å². The van der Waals surface area contributed by atoms with Crippen LogP contribution in [0.1, 0.15) is 10.4 Å². The van der Waals surface area contributed by atoms with Gasteiger partial charge in [0.25, 0.3) is 0 Å². The van der Waals surface area contributed by atoms with Gasteiger partial charge < -0.3 is 9.84 Å². The first kappa shape index (κ1) is 10.7. The molecule has 1 saturated heterocycles. The molecule has 0 unspecified atom stereocenters. The second-order valence-corrected chi connectivity index (χ2v) is 5.98. The fourth-order valence-electron chi connectivity index (χ4n) is 2.54. The van der Waals surface area contributed by atoms with Crippen molar-refractivity contribution in [1.82, 2.24) is 4.90 Å². The molecular weight excluding hydrogens is 222 g/mol. The minimum atomic E-state index is 0.0214. The fraction of sp³-hybridized carbons (Fsp3) is 0.667. The van der Waals surface area contributed by atoms with Crippen LogP contribution in [-0.2, 0) is 17.7 Å². The second kappa shape index (κ2) is 4.11. The lowest BCUT2D eigenvalue weighted by Gasteiger charge is -2.44. The van der Waals surface area contributed by atoms with Crippen LogP contribution in [0.2, 0.25) is 0 Å². The number of hydrogen-bond acceptors (Lipinski definition) is 4. The molecule has 3 heterocycles. The Hall–Kier alpha value is -0.420. The van der Waals surface area contributed by atoms with Crippen LogP contribution in [0.4, 0.5) is 0 Å². The second-order valence-electron chi connectivity index (χ2n) is 4.98. The molecule has 0 aromatic carbocycles. The highest BCUT2D eigenvalue weighted by molar-refractivity contribution is 7.10. The standard InChI is InChI=1S/C12H17NO2S/c14-7-12(8-15-9-12)6-13-3-1-11-10(5-13)2-4-16-11/h2,4,14H,1,3,5-9H2. The number of rotatable bonds is 3. The van der Waals surface area contributed by atoms with Crippen LogP contribution in [0.15, 0.2) is 11.4 Å². The van der Waals surface area contributed by atoms with Crippen molar-refractivity contribution >= 4 is 11.3 Å². The van der Waals surface area contributed by atoms with E-state index in [0.29, 0.717) is 0 Å². The number of nitrogens with zero attached hydrogens (tertiary/aromatic N) is 1. The van der Waals surface area contributed by atoms with Gasteiger partial charge in [0.2, 0.25) is 0 Å². The van der Waals surface area contributed by atoms with Gasteiger partial charge in [-0.2, -0.15) is 0 Å². The summed E-state index contributed by atoms with van der Waals surface area (Å²) in [5.74, 6) is 0. The molecule has 3 nitrogen and oxygen atoms in total. The minimum absolute atomic E-state index is 0.0214. The van der Waals surface area contributed by atoms with Gasteiger partial charge in [0.05, 0.1) is 25.2 Å². The van der Waals surface area contributed by atoms with Gasteiger partial charge in [0, 0.05) is 24.5 Å². The van der Waals surface area contributed by atoms with Crippen LogP contribution in [0.3, 0.4) is 0 Å². The molecule has 0 saturated carbocycles. The van der Waals surface area contributed by atoms with E-state index >= 15 is 0 Å². The van der Waals surface area contributed by atoms with E-state index in [0.717, 1.165) is 39.3 Å². The Labute approximate surface area is 99.6 Å². The van der Waals surface area contributed by atoms with Gasteiger partial charge in [-0.1, -0.05) is 0 Å². The molecule has 0 aliphatic carbocycles. The topological polar surface area (TPSA) is 32.7 Å². The zero-order valence-electron chi connectivity index (χ0n) is 9.32. The Bertz CT molecular complexity index is 367. The lowest BCUT2D eigenvalue weighted by molar-refractivity contribution is -0.149. The van der Waals surface area contributed by atoms with Gasteiger partial charge in [0.1, 0.15) is 0 Å². The SMILES string of the molecule is OCC1(CN2CCc3sccc3C2)COC1. The summed E-state index contributed by atoms with van der Waals surface area (Å²) in [7, 11) is 0. The van der Waals surface area contributed by atoms with E-state index in [4.69, 9.17) is 4.74 Å². The monoisotopic (exact) mass is 239 g/mol. The van der Waals surface area contributed by atoms with E-state index in [9.17, 15) is 5.11 Å². The highest BCUT2D eigenvalue weighted by atomic mass is 32.1. The van der Waals surface area contributed by atoms with Crippen LogP contribution >= 0.6 is 11.3 Å². The number of ether oxygens (including phenoxy) is 1. The quantitative estimate of drug-likeness (QED) is 0.858. The Balaban J connectivity index is 1.65. The maximum atomic E-state index is 9.42. The predicted octanol–water partition coefficient (Wildman–Crippen LogP) is 1.12. The van der Waals surface area contributed by atoms with Gasteiger partial charge in [-0.05, 0) is 23.4 Å². The van der Waals surface area contributed by atoms with Gasteiger partial charge >= 0.3 is 0 Å². The Morgan fingerprint density at radius 3 is 3.06 bits per heavy atom. The summed E-state index contributed by atoms with van der Waals surface area (Å²) < 4.78 is 5.24. The van der Waals surface area contributed by atoms with E-state index in [-0.39, 0.29) is 12.0 Å². The van der Waals surface area contributed by atoms with Crippen molar-refractivity contribution in [1.29, 1.82) is 0 Å². The molecule has 2 aliphatic heterocycles. The van der Waals surface area contributed by atoms with Crippen molar-refractivity contribution in [2.24, 2.45) is 5.41 Å². The molecule has 16 heavy (non-hydrogen) atoms. The molecular formula is C12H17NO2S. The third-order valence-electron chi connectivity index (χ3n) is 3.60. The van der Waals surface area contributed by atoms with Crippen molar-refractivity contribution in [3.05, 3.63) is 21.9 Å². The van der Waals surface area contributed by atoms with E-state index in [1.165, 1.54) is 5.56 Å². The molecule has 2 aliphatic rings. The lowest BCUT2D eigenvalue weighted by Crippen LogP contribution is -2.53. The molecule has 1 aromatic rings. The van der Waals surface area contributed by atoms with Crippen LogP contribution in [0, 0.1) is 5.41 Å². The lowest BCUT2D eigenvalue weighted by atomic mass is 9.86. The summed E-state index contributed by atoms with van der Waals surface area (Å²) in [6.45, 7) is 4.82. The van der Waals surface area contributed by atoms with Gasteiger partial charge in [-0.3, -0.25) is 4.90 Å². The van der Waals surface area contributed by atoms with Crippen LogP contribution in [-0.4, -0.2) is 42.9 Å². The van der Waals surface area contributed by atoms with Crippen molar-refractivity contribution in [3.8, 4) is 0 Å². The number of thiophene rings is 1. The van der Waals surface area contributed by atoms with Crippen LogP contribution in [0.5, 0.6) is 0 Å². The summed E-state index contributed by atoms with van der Waals surface area (Å²) >= 11 is 1.87. The van der Waals surface area contributed by atoms with Gasteiger partial charge in [-0.25, -0.2) is 0 Å². The molecule has 1 N–H and O–H groups in total. The summed E-state index contributed by atoms with van der Waals surface area (Å²) in [6, 6.07) is 2.23. The number of aliphatic hydroxyl groups is 1. The molecule has 0 radical (unpaired) electrons. The Morgan fingerprint density at radius 1 is 1.50 bits per heavy atom. The highest BCUT2D eigenvalue weighted by Crippen LogP contribution is 2.31. The van der Waals surface area contributed by atoms with Crippen molar-refractivity contribution in [2.75, 3.05) is 32.9 Å². The average Bonchev–Trinajstić information content (AvgIpc) is 2.70. The summed E-state index contributed by atoms with van der Waals surface area (Å²) in [5, 5.41) is 11.6. The Morgan fingerprint density at radius 2 is 2.38 bits per heavy atom. The maximum Gasteiger partial charge on any atom is 0.0579 e. The van der Waals surface area contributed by atoms with Crippen molar-refractivity contribution < 1.29 is 9.84 Å². The Kier molecular flexibility index (Phi) is 2.75. The summed E-state index contributed by atoms with van der Waals surface area (Å²) in [5.41, 5.74) is 1.50. The van der Waals surface area contributed by atoms with E-state index in [1.54, 1.807) is 4.88 Å². The normalized spacial score (nSPS) is 23.8. The molecule has 0 atom stereocenters. The first-order valence-corrected chi connectivity index (χ1v) is 6.66. The maximum absolute atomic E-state index is 9.42. The largest absolute Gasteiger partial charge is 0.396 e. The zero-order chi connectivity index (χ0) is 11.0. The number of fused-ring (bicyclic) bond motifs is 1. The zero-order valence-corrected chi connectivity index (χ0v) is 10.1. The van der Waals surface area contributed by atoms with Crippen molar-refractivity contribution in [3.63, 3.8) is 0 Å². The van der Waals surface area contributed by atoms with E-state index in [2.05, 4.69) is 16.3 Å². The average molecular weight is 239 g/mol. The molecule has 4 heteroatoms. The summed E-state index contributed by atoms with van der Waals surface area (Å²) in [4.78, 5) is 3.99. The molecule has 3 rings (SSSR count). The third-order valence-corrected chi connectivity index (χ3v) is 4.62. The molecule has 0 amide bonds. The fourth-order valence-corrected chi connectivity index (χ4v) is 3.43. The number of hydrogen-bond donors (Lipinski definition) is 1. The smallest absolute Gasteiger partial charge is 0.0579 e. The molecule has 88 valence electrons. The van der Waals surface area contributed by atoms with Crippen LogP contribution < -0.4 is 0 Å². The third kappa shape index (κ3) is 1.80. The first-order chi connectivity index (χ1) is 7.81. The molecule has 0 bridgehead atoms.